The van der Waals surface area contributed by atoms with Gasteiger partial charge in [0.25, 0.3) is 0 Å². The van der Waals surface area contributed by atoms with E-state index in [1.165, 1.54) is 18.4 Å². The van der Waals surface area contributed by atoms with Crippen LogP contribution in [-0.2, 0) is 4.79 Å². The lowest BCUT2D eigenvalue weighted by Crippen LogP contribution is -2.39. The molecule has 0 spiro atoms. The Morgan fingerprint density at radius 1 is 1.45 bits per heavy atom. The second kappa shape index (κ2) is 9.31. The number of nitrogens with one attached hydrogen (secondary N) is 1. The number of carbonyl (C=O) groups excluding carboxylic acids is 1. The van der Waals surface area contributed by atoms with Crippen molar-refractivity contribution >= 4 is 22.3 Å². The Morgan fingerprint density at radius 2 is 2.20 bits per heavy atom. The molecule has 0 aromatic carbocycles. The van der Waals surface area contributed by atoms with E-state index in [0.29, 0.717) is 6.54 Å². The standard InChI is InChI=1S/C15H18BrFN2O/c1-18-10-9-13(17)6-4-5-11-19(12-20)15-8-3-2-7-14(15)16/h2-10,12,14-15,18H,11H2,1H3/b5-4+,10-9+,13-6+. The maximum Gasteiger partial charge on any atom is 0.210 e. The molecule has 2 unspecified atom stereocenters. The van der Waals surface area contributed by atoms with Gasteiger partial charge in [-0.25, -0.2) is 4.39 Å². The largest absolute Gasteiger partial charge is 0.394 e. The first-order chi connectivity index (χ1) is 9.69. The van der Waals surface area contributed by atoms with Crippen molar-refractivity contribution in [1.82, 2.24) is 10.2 Å². The van der Waals surface area contributed by atoms with Crippen molar-refractivity contribution in [2.45, 2.75) is 10.9 Å². The molecule has 2 atom stereocenters. The molecule has 0 saturated carbocycles. The van der Waals surface area contributed by atoms with E-state index in [1.54, 1.807) is 24.1 Å². The van der Waals surface area contributed by atoms with Gasteiger partial charge in [-0.3, -0.25) is 4.79 Å². The van der Waals surface area contributed by atoms with Crippen LogP contribution in [0.15, 0.2) is 60.6 Å². The minimum absolute atomic E-state index is 0.0276. The van der Waals surface area contributed by atoms with Crippen LogP contribution in [0.1, 0.15) is 0 Å². The van der Waals surface area contributed by atoms with Crippen molar-refractivity contribution in [2.24, 2.45) is 0 Å². The molecule has 0 radical (unpaired) electrons. The summed E-state index contributed by atoms with van der Waals surface area (Å²) in [6.07, 6.45) is 16.1. The summed E-state index contributed by atoms with van der Waals surface area (Å²) < 4.78 is 13.2. The molecule has 0 aromatic heterocycles. The number of hydrogen-bond donors (Lipinski definition) is 1. The van der Waals surface area contributed by atoms with Gasteiger partial charge in [-0.2, -0.15) is 0 Å². The molecular formula is C15H18BrFN2O. The number of amides is 1. The van der Waals surface area contributed by atoms with Crippen molar-refractivity contribution in [3.05, 3.63) is 60.6 Å². The molecule has 0 bridgehead atoms. The highest BCUT2D eigenvalue weighted by Gasteiger charge is 2.20. The zero-order valence-corrected chi connectivity index (χ0v) is 12.8. The predicted molar refractivity (Wildman–Crippen MR) is 84.1 cm³/mol. The Hall–Kier alpha value is -1.62. The molecular weight excluding hydrogens is 323 g/mol. The molecule has 1 aliphatic carbocycles. The smallest absolute Gasteiger partial charge is 0.210 e. The van der Waals surface area contributed by atoms with Crippen molar-refractivity contribution in [3.8, 4) is 0 Å². The highest BCUT2D eigenvalue weighted by atomic mass is 79.9. The Labute approximate surface area is 127 Å². The van der Waals surface area contributed by atoms with E-state index in [9.17, 15) is 9.18 Å². The van der Waals surface area contributed by atoms with Gasteiger partial charge in [0.1, 0.15) is 5.83 Å². The Bertz CT molecular complexity index is 455. The van der Waals surface area contributed by atoms with Crippen LogP contribution in [0.2, 0.25) is 0 Å². The second-order valence-electron chi connectivity index (χ2n) is 4.11. The topological polar surface area (TPSA) is 32.3 Å². The molecule has 0 saturated heterocycles. The zero-order chi connectivity index (χ0) is 14.8. The van der Waals surface area contributed by atoms with Crippen LogP contribution >= 0.6 is 15.9 Å². The number of rotatable bonds is 7. The number of hydrogen-bond acceptors (Lipinski definition) is 2. The molecule has 1 N–H and O–H groups in total. The molecule has 108 valence electrons. The third-order valence-electron chi connectivity index (χ3n) is 2.68. The van der Waals surface area contributed by atoms with E-state index < -0.39 is 0 Å². The maximum absolute atomic E-state index is 13.2. The predicted octanol–water partition coefficient (Wildman–Crippen LogP) is 2.85. The molecule has 3 nitrogen and oxygen atoms in total. The summed E-state index contributed by atoms with van der Waals surface area (Å²) in [4.78, 5) is 12.9. The molecule has 1 aliphatic rings. The molecule has 20 heavy (non-hydrogen) atoms. The first-order valence-electron chi connectivity index (χ1n) is 6.25. The highest BCUT2D eigenvalue weighted by molar-refractivity contribution is 9.09. The van der Waals surface area contributed by atoms with Gasteiger partial charge >= 0.3 is 0 Å². The third kappa shape index (κ3) is 5.57. The lowest BCUT2D eigenvalue weighted by molar-refractivity contribution is -0.118. The van der Waals surface area contributed by atoms with E-state index in [4.69, 9.17) is 0 Å². The van der Waals surface area contributed by atoms with Crippen LogP contribution < -0.4 is 5.32 Å². The summed E-state index contributed by atoms with van der Waals surface area (Å²) in [6, 6.07) is -0.0276. The fourth-order valence-electron chi connectivity index (χ4n) is 1.66. The summed E-state index contributed by atoms with van der Waals surface area (Å²) in [5.74, 6) is -0.355. The first kappa shape index (κ1) is 16.4. The Kier molecular flexibility index (Phi) is 7.65. The number of carbonyl (C=O) groups is 1. The van der Waals surface area contributed by atoms with Crippen LogP contribution in [0.25, 0.3) is 0 Å². The van der Waals surface area contributed by atoms with Gasteiger partial charge in [0.15, 0.2) is 0 Å². The Morgan fingerprint density at radius 3 is 2.85 bits per heavy atom. The van der Waals surface area contributed by atoms with E-state index in [-0.39, 0.29) is 16.7 Å². The SMILES string of the molecule is CN/C=C/C(F)=C\C=C\CN(C=O)C1C=CC=CC1Br. The monoisotopic (exact) mass is 340 g/mol. The van der Waals surface area contributed by atoms with Crippen LogP contribution in [0.5, 0.6) is 0 Å². The van der Waals surface area contributed by atoms with Crippen LogP contribution in [0.4, 0.5) is 4.39 Å². The molecule has 1 rings (SSSR count). The minimum Gasteiger partial charge on any atom is -0.394 e. The van der Waals surface area contributed by atoms with Crippen molar-refractivity contribution < 1.29 is 9.18 Å². The highest BCUT2D eigenvalue weighted by Crippen LogP contribution is 2.18. The summed E-state index contributed by atoms with van der Waals surface area (Å²) >= 11 is 3.51. The number of halogens is 2. The van der Waals surface area contributed by atoms with Gasteiger partial charge in [-0.15, -0.1) is 0 Å². The molecule has 0 heterocycles. The fourth-order valence-corrected chi connectivity index (χ4v) is 2.31. The van der Waals surface area contributed by atoms with Gasteiger partial charge < -0.3 is 10.2 Å². The minimum atomic E-state index is -0.355. The average Bonchev–Trinajstić information content (AvgIpc) is 2.46. The lowest BCUT2D eigenvalue weighted by Gasteiger charge is -2.28. The summed E-state index contributed by atoms with van der Waals surface area (Å²) in [6.45, 7) is 0.425. The quantitative estimate of drug-likeness (QED) is 0.439. The number of nitrogens with zero attached hydrogens (tertiary/aromatic N) is 1. The van der Waals surface area contributed by atoms with Crippen LogP contribution in [0, 0.1) is 0 Å². The maximum atomic E-state index is 13.2. The van der Waals surface area contributed by atoms with Crippen molar-refractivity contribution in [3.63, 3.8) is 0 Å². The number of allylic oxidation sites excluding steroid dienone is 6. The van der Waals surface area contributed by atoms with Crippen LogP contribution in [-0.4, -0.2) is 35.8 Å². The van der Waals surface area contributed by atoms with Crippen LogP contribution in [0.3, 0.4) is 0 Å². The average molecular weight is 341 g/mol. The molecule has 0 aliphatic heterocycles. The first-order valence-corrected chi connectivity index (χ1v) is 7.17. The molecule has 1 amide bonds. The zero-order valence-electron chi connectivity index (χ0n) is 11.2. The summed E-state index contributed by atoms with van der Waals surface area (Å²) in [7, 11) is 1.70. The number of alkyl halides is 1. The Balaban J connectivity index is 2.53. The molecule has 5 heteroatoms. The van der Waals surface area contributed by atoms with Gasteiger partial charge in [0.05, 0.1) is 10.9 Å². The van der Waals surface area contributed by atoms with Gasteiger partial charge in [0.2, 0.25) is 6.41 Å². The van der Waals surface area contributed by atoms with Crippen molar-refractivity contribution in [2.75, 3.05) is 13.6 Å². The van der Waals surface area contributed by atoms with Crippen molar-refractivity contribution in [1.29, 1.82) is 0 Å². The van der Waals surface area contributed by atoms with Gasteiger partial charge in [0, 0.05) is 13.6 Å². The summed E-state index contributed by atoms with van der Waals surface area (Å²) in [5, 5.41) is 2.70. The van der Waals surface area contributed by atoms with Gasteiger partial charge in [-0.1, -0.05) is 52.4 Å². The van der Waals surface area contributed by atoms with E-state index in [1.807, 2.05) is 24.3 Å². The molecule has 0 aromatic rings. The fraction of sp³-hybridized carbons (Fsp3) is 0.267. The lowest BCUT2D eigenvalue weighted by atomic mass is 10.1. The third-order valence-corrected chi connectivity index (χ3v) is 3.52. The normalized spacial score (nSPS) is 22.6. The molecule has 0 fully saturated rings. The summed E-state index contributed by atoms with van der Waals surface area (Å²) in [5.41, 5.74) is 0. The van der Waals surface area contributed by atoms with E-state index in [0.717, 1.165) is 6.41 Å². The van der Waals surface area contributed by atoms with Gasteiger partial charge in [-0.05, 0) is 18.4 Å². The van der Waals surface area contributed by atoms with E-state index in [2.05, 4.69) is 21.2 Å². The second-order valence-corrected chi connectivity index (χ2v) is 5.17. The van der Waals surface area contributed by atoms with E-state index >= 15 is 0 Å².